The summed E-state index contributed by atoms with van der Waals surface area (Å²) in [6, 6.07) is 0. The monoisotopic (exact) mass is 243 g/mol. The lowest BCUT2D eigenvalue weighted by Crippen LogP contribution is -2.27. The van der Waals surface area contributed by atoms with Gasteiger partial charge in [-0.25, -0.2) is 9.89 Å². The van der Waals surface area contributed by atoms with Gasteiger partial charge in [-0.3, -0.25) is 4.57 Å². The molecular formula is C10H17N3O2S. The maximum Gasteiger partial charge on any atom is 0.343 e. The molecule has 1 aromatic rings. The van der Waals surface area contributed by atoms with Gasteiger partial charge in [0, 0.05) is 11.8 Å². The molecule has 1 aliphatic rings. The third-order valence-corrected chi connectivity index (χ3v) is 4.34. The summed E-state index contributed by atoms with van der Waals surface area (Å²) in [7, 11) is 0. The van der Waals surface area contributed by atoms with Gasteiger partial charge in [-0.1, -0.05) is 24.6 Å². The van der Waals surface area contributed by atoms with Gasteiger partial charge in [-0.2, -0.15) is 0 Å². The molecule has 1 fully saturated rings. The summed E-state index contributed by atoms with van der Waals surface area (Å²) in [5, 5.41) is 17.2. The zero-order valence-electron chi connectivity index (χ0n) is 9.35. The van der Waals surface area contributed by atoms with Crippen molar-refractivity contribution in [2.75, 3.05) is 0 Å². The van der Waals surface area contributed by atoms with Crippen molar-refractivity contribution in [2.24, 2.45) is 0 Å². The molecule has 2 rings (SSSR count). The number of aliphatic hydroxyl groups excluding tert-OH is 1. The van der Waals surface area contributed by atoms with Crippen LogP contribution >= 0.6 is 11.8 Å². The highest BCUT2D eigenvalue weighted by atomic mass is 32.2. The van der Waals surface area contributed by atoms with E-state index < -0.39 is 0 Å². The van der Waals surface area contributed by atoms with Crippen molar-refractivity contribution in [3.05, 3.63) is 10.5 Å². The van der Waals surface area contributed by atoms with Crippen LogP contribution in [0.15, 0.2) is 9.95 Å². The van der Waals surface area contributed by atoms with Crippen LogP contribution in [0.4, 0.5) is 0 Å². The van der Waals surface area contributed by atoms with E-state index in [1.165, 1.54) is 11.8 Å². The fraction of sp³-hybridized carbons (Fsp3) is 0.800. The van der Waals surface area contributed by atoms with Gasteiger partial charge in [0.15, 0.2) is 5.16 Å². The van der Waals surface area contributed by atoms with Gasteiger partial charge in [-0.05, 0) is 19.8 Å². The molecule has 0 saturated heterocycles. The molecule has 5 nitrogen and oxygen atoms in total. The molecule has 90 valence electrons. The number of H-pyrrole nitrogens is 1. The van der Waals surface area contributed by atoms with E-state index in [1.54, 1.807) is 4.57 Å². The van der Waals surface area contributed by atoms with Gasteiger partial charge >= 0.3 is 5.69 Å². The standard InChI is InChI=1S/C10H17N3O2S/c1-2-13-9(15)11-12-10(13)16-8-6-4-3-5-7(8)14/h7-8,14H,2-6H2,1H3,(H,11,15). The predicted octanol–water partition coefficient (Wildman–Crippen LogP) is 0.987. The molecule has 0 spiro atoms. The molecule has 1 aromatic heterocycles. The Bertz CT molecular complexity index is 401. The van der Waals surface area contributed by atoms with Gasteiger partial charge in [0.2, 0.25) is 0 Å². The molecular weight excluding hydrogens is 226 g/mol. The Kier molecular flexibility index (Phi) is 3.70. The Morgan fingerprint density at radius 1 is 1.56 bits per heavy atom. The number of nitrogens with one attached hydrogen (secondary N) is 1. The van der Waals surface area contributed by atoms with Crippen LogP contribution < -0.4 is 5.69 Å². The van der Waals surface area contributed by atoms with Gasteiger partial charge in [0.1, 0.15) is 0 Å². The topological polar surface area (TPSA) is 70.9 Å². The number of thioether (sulfide) groups is 1. The Balaban J connectivity index is 2.10. The Morgan fingerprint density at radius 3 is 3.00 bits per heavy atom. The van der Waals surface area contributed by atoms with Crippen LogP contribution in [0.25, 0.3) is 0 Å². The molecule has 0 amide bonds. The van der Waals surface area contributed by atoms with Crippen LogP contribution in [0.1, 0.15) is 32.6 Å². The first-order valence-electron chi connectivity index (χ1n) is 5.72. The van der Waals surface area contributed by atoms with Crippen molar-refractivity contribution >= 4 is 11.8 Å². The first-order chi connectivity index (χ1) is 7.72. The molecule has 1 aliphatic carbocycles. The smallest absolute Gasteiger partial charge is 0.343 e. The molecule has 0 radical (unpaired) electrons. The largest absolute Gasteiger partial charge is 0.392 e. The van der Waals surface area contributed by atoms with Crippen LogP contribution in [-0.2, 0) is 6.54 Å². The summed E-state index contributed by atoms with van der Waals surface area (Å²) in [5.41, 5.74) is -0.171. The molecule has 6 heteroatoms. The van der Waals surface area contributed by atoms with E-state index in [1.807, 2.05) is 6.92 Å². The highest BCUT2D eigenvalue weighted by Crippen LogP contribution is 2.32. The first kappa shape index (κ1) is 11.7. The maximum atomic E-state index is 11.4. The van der Waals surface area contributed by atoms with Crippen LogP contribution in [0.2, 0.25) is 0 Å². The zero-order chi connectivity index (χ0) is 11.5. The van der Waals surface area contributed by atoms with Gasteiger partial charge in [0.05, 0.1) is 6.10 Å². The van der Waals surface area contributed by atoms with E-state index in [-0.39, 0.29) is 17.0 Å². The van der Waals surface area contributed by atoms with E-state index >= 15 is 0 Å². The van der Waals surface area contributed by atoms with E-state index in [2.05, 4.69) is 10.2 Å². The van der Waals surface area contributed by atoms with Gasteiger partial charge < -0.3 is 5.11 Å². The van der Waals surface area contributed by atoms with Gasteiger partial charge in [0.25, 0.3) is 0 Å². The van der Waals surface area contributed by atoms with Crippen molar-refractivity contribution < 1.29 is 5.11 Å². The lowest BCUT2D eigenvalue weighted by Gasteiger charge is -2.26. The summed E-state index contributed by atoms with van der Waals surface area (Å²) in [4.78, 5) is 11.4. The van der Waals surface area contributed by atoms with E-state index in [9.17, 15) is 9.90 Å². The van der Waals surface area contributed by atoms with E-state index in [0.717, 1.165) is 25.7 Å². The van der Waals surface area contributed by atoms with E-state index in [0.29, 0.717) is 11.7 Å². The van der Waals surface area contributed by atoms with Crippen molar-refractivity contribution in [1.29, 1.82) is 0 Å². The zero-order valence-corrected chi connectivity index (χ0v) is 10.2. The molecule has 2 N–H and O–H groups in total. The Hall–Kier alpha value is -0.750. The second-order valence-corrected chi connectivity index (χ2v) is 5.27. The number of rotatable bonds is 3. The highest BCUT2D eigenvalue weighted by molar-refractivity contribution is 7.99. The van der Waals surface area contributed by atoms with Crippen LogP contribution in [0, 0.1) is 0 Å². The average Bonchev–Trinajstić information content (AvgIpc) is 2.63. The summed E-state index contributed by atoms with van der Waals surface area (Å²) in [6.07, 6.45) is 3.83. The number of aromatic nitrogens is 3. The van der Waals surface area contributed by atoms with Crippen LogP contribution in [0.5, 0.6) is 0 Å². The average molecular weight is 243 g/mol. The number of aliphatic hydroxyl groups is 1. The third-order valence-electron chi connectivity index (χ3n) is 2.96. The summed E-state index contributed by atoms with van der Waals surface area (Å²) < 4.78 is 1.60. The molecule has 0 aromatic carbocycles. The van der Waals surface area contributed by atoms with Crippen molar-refractivity contribution in [3.63, 3.8) is 0 Å². The fourth-order valence-corrected chi connectivity index (χ4v) is 3.31. The molecule has 1 saturated carbocycles. The Morgan fingerprint density at radius 2 is 2.31 bits per heavy atom. The van der Waals surface area contributed by atoms with Crippen molar-refractivity contribution in [1.82, 2.24) is 14.8 Å². The Labute approximate surface area is 98.3 Å². The van der Waals surface area contributed by atoms with E-state index in [4.69, 9.17) is 0 Å². The summed E-state index contributed by atoms with van der Waals surface area (Å²) in [6.45, 7) is 2.53. The van der Waals surface area contributed by atoms with Crippen LogP contribution in [-0.4, -0.2) is 31.2 Å². The lowest BCUT2D eigenvalue weighted by atomic mass is 9.97. The molecule has 16 heavy (non-hydrogen) atoms. The summed E-state index contributed by atoms with van der Waals surface area (Å²) >= 11 is 1.52. The van der Waals surface area contributed by atoms with Crippen molar-refractivity contribution in [3.8, 4) is 0 Å². The third kappa shape index (κ3) is 2.32. The highest BCUT2D eigenvalue weighted by Gasteiger charge is 2.25. The normalized spacial score (nSPS) is 25.9. The molecule has 0 aliphatic heterocycles. The maximum absolute atomic E-state index is 11.4. The number of nitrogens with zero attached hydrogens (tertiary/aromatic N) is 2. The first-order valence-corrected chi connectivity index (χ1v) is 6.60. The number of hydrogen-bond donors (Lipinski definition) is 2. The predicted molar refractivity (Wildman–Crippen MR) is 62.6 cm³/mol. The quantitative estimate of drug-likeness (QED) is 0.830. The minimum atomic E-state index is -0.268. The fourth-order valence-electron chi connectivity index (χ4n) is 2.02. The lowest BCUT2D eigenvalue weighted by molar-refractivity contribution is 0.137. The van der Waals surface area contributed by atoms with Gasteiger partial charge in [-0.15, -0.1) is 5.10 Å². The SMILES string of the molecule is CCn1c(SC2CCCCC2O)n[nH]c1=O. The van der Waals surface area contributed by atoms with Crippen molar-refractivity contribution in [2.45, 2.75) is 55.7 Å². The summed E-state index contributed by atoms with van der Waals surface area (Å²) in [5.74, 6) is 0. The minimum absolute atomic E-state index is 0.171. The molecule has 1 heterocycles. The second-order valence-electron chi connectivity index (χ2n) is 4.06. The minimum Gasteiger partial charge on any atom is -0.392 e. The van der Waals surface area contributed by atoms with Crippen LogP contribution in [0.3, 0.4) is 0 Å². The molecule has 0 bridgehead atoms. The second kappa shape index (κ2) is 5.05. The molecule has 2 unspecified atom stereocenters. The molecule has 2 atom stereocenters. The number of aromatic amines is 1. The number of hydrogen-bond acceptors (Lipinski definition) is 4.